The van der Waals surface area contributed by atoms with Crippen molar-refractivity contribution in [1.29, 1.82) is 0 Å². The Balaban J connectivity index is 1.30. The summed E-state index contributed by atoms with van der Waals surface area (Å²) in [4.78, 5) is 27.6. The molecule has 31 heavy (non-hydrogen) atoms. The van der Waals surface area contributed by atoms with Gasteiger partial charge in [-0.3, -0.25) is 9.69 Å². The highest BCUT2D eigenvalue weighted by Gasteiger charge is 2.60. The molecule has 2 saturated carbocycles. The number of hydrogen-bond acceptors (Lipinski definition) is 3. The molecule has 5 nitrogen and oxygen atoms in total. The molecule has 2 unspecified atom stereocenters. The van der Waals surface area contributed by atoms with Crippen LogP contribution >= 0.6 is 0 Å². The van der Waals surface area contributed by atoms with Gasteiger partial charge in [-0.25, -0.2) is 4.79 Å². The Morgan fingerprint density at radius 3 is 2.58 bits per heavy atom. The van der Waals surface area contributed by atoms with E-state index in [1.807, 2.05) is 30.3 Å². The summed E-state index contributed by atoms with van der Waals surface area (Å²) in [6.07, 6.45) is 7.61. The number of rotatable bonds is 2. The van der Waals surface area contributed by atoms with Crippen molar-refractivity contribution in [2.24, 2.45) is 23.2 Å². The third kappa shape index (κ3) is 3.31. The molecule has 4 aliphatic rings. The Morgan fingerprint density at radius 1 is 1.03 bits per heavy atom. The van der Waals surface area contributed by atoms with Gasteiger partial charge in [-0.05, 0) is 94.2 Å². The highest BCUT2D eigenvalue weighted by atomic mass is 16.2. The Kier molecular flexibility index (Phi) is 5.16. The number of nitrogens with zero attached hydrogens (tertiary/aromatic N) is 1. The van der Waals surface area contributed by atoms with Gasteiger partial charge in [0.15, 0.2) is 0 Å². The molecule has 1 aromatic rings. The van der Waals surface area contributed by atoms with Gasteiger partial charge in [0.2, 0.25) is 0 Å². The van der Waals surface area contributed by atoms with Crippen LogP contribution in [0.15, 0.2) is 30.3 Å². The number of amides is 2. The quantitative estimate of drug-likeness (QED) is 0.716. The summed E-state index contributed by atoms with van der Waals surface area (Å²) in [7, 11) is 0. The first-order valence-electron chi connectivity index (χ1n) is 12.2. The van der Waals surface area contributed by atoms with Crippen molar-refractivity contribution in [1.82, 2.24) is 10.2 Å². The van der Waals surface area contributed by atoms with Gasteiger partial charge < -0.3 is 10.6 Å². The van der Waals surface area contributed by atoms with E-state index < -0.39 is 0 Å². The number of hydrogen-bond donors (Lipinski definition) is 2. The lowest BCUT2D eigenvalue weighted by Crippen LogP contribution is -2.67. The summed E-state index contributed by atoms with van der Waals surface area (Å²) in [5, 5.41) is 6.34. The molecule has 0 aromatic heterocycles. The fourth-order valence-electron chi connectivity index (χ4n) is 8.03. The Morgan fingerprint density at radius 2 is 1.81 bits per heavy atom. The van der Waals surface area contributed by atoms with E-state index >= 15 is 0 Å². The molecule has 7 atom stereocenters. The van der Waals surface area contributed by atoms with Gasteiger partial charge in [-0.15, -0.1) is 0 Å². The molecule has 5 rings (SSSR count). The standard InChI is InChI=1S/C26H37N3O2/c1-17-22(30)12-15-26(3)21-11-14-25(2)20(19(21)13-16-29(17)26)9-10-23(25)28-24(31)27-18-7-5-4-6-8-18/h4-8,17,19-21,23H,9-16H2,1-3H3,(H2,27,28,31)/t17?,19-,20-,21-,23?,25-,26+/m0/s1. The molecule has 2 amide bonds. The summed E-state index contributed by atoms with van der Waals surface area (Å²) in [5.74, 6) is 2.47. The second kappa shape index (κ2) is 7.61. The average molecular weight is 424 g/mol. The van der Waals surface area contributed by atoms with Gasteiger partial charge in [-0.1, -0.05) is 25.1 Å². The minimum atomic E-state index is -0.0819. The van der Waals surface area contributed by atoms with Crippen LogP contribution in [-0.4, -0.2) is 40.9 Å². The van der Waals surface area contributed by atoms with Crippen LogP contribution < -0.4 is 10.6 Å². The molecular formula is C26H37N3O2. The molecule has 2 heterocycles. The first-order chi connectivity index (χ1) is 14.8. The predicted octanol–water partition coefficient (Wildman–Crippen LogP) is 4.84. The number of nitrogens with one attached hydrogen (secondary N) is 2. The lowest BCUT2D eigenvalue weighted by molar-refractivity contribution is -0.152. The minimum Gasteiger partial charge on any atom is -0.335 e. The second-order valence-electron chi connectivity index (χ2n) is 11.0. The van der Waals surface area contributed by atoms with Crippen LogP contribution in [0.4, 0.5) is 10.5 Å². The first-order valence-corrected chi connectivity index (χ1v) is 12.2. The van der Waals surface area contributed by atoms with Crippen LogP contribution in [-0.2, 0) is 4.79 Å². The van der Waals surface area contributed by atoms with Gasteiger partial charge in [0.1, 0.15) is 5.78 Å². The third-order valence-corrected chi connectivity index (χ3v) is 9.74. The molecule has 2 N–H and O–H groups in total. The molecular weight excluding hydrogens is 386 g/mol. The van der Waals surface area contributed by atoms with E-state index in [0.717, 1.165) is 31.5 Å². The van der Waals surface area contributed by atoms with Crippen molar-refractivity contribution in [3.05, 3.63) is 30.3 Å². The SMILES string of the molecule is CC1C(=O)CC[C@]2(C)[C@H]3CC[C@]4(C)C(NC(=O)Nc5ccccc5)CC[C@H]4[C@@H]3CCN12. The summed E-state index contributed by atoms with van der Waals surface area (Å²) < 4.78 is 0. The van der Waals surface area contributed by atoms with E-state index in [-0.39, 0.29) is 29.1 Å². The van der Waals surface area contributed by atoms with E-state index in [9.17, 15) is 9.59 Å². The van der Waals surface area contributed by atoms with Gasteiger partial charge in [0.25, 0.3) is 0 Å². The van der Waals surface area contributed by atoms with E-state index in [2.05, 4.69) is 36.3 Å². The smallest absolute Gasteiger partial charge is 0.319 e. The van der Waals surface area contributed by atoms with Crippen LogP contribution in [0.1, 0.15) is 65.7 Å². The number of para-hydroxylation sites is 1. The number of anilines is 1. The number of carbonyl (C=O) groups is 2. The normalized spacial score (nSPS) is 42.3. The van der Waals surface area contributed by atoms with E-state index in [1.54, 1.807) is 0 Å². The number of piperidine rings is 2. The van der Waals surface area contributed by atoms with Crippen molar-refractivity contribution in [3.63, 3.8) is 0 Å². The molecule has 4 fully saturated rings. The van der Waals surface area contributed by atoms with Crippen molar-refractivity contribution >= 4 is 17.5 Å². The second-order valence-corrected chi connectivity index (χ2v) is 11.0. The molecule has 2 aliphatic heterocycles. The number of benzene rings is 1. The van der Waals surface area contributed by atoms with Crippen LogP contribution in [0.2, 0.25) is 0 Å². The number of carbonyl (C=O) groups excluding carboxylic acids is 2. The Bertz CT molecular complexity index is 857. The Hall–Kier alpha value is -1.88. The number of ketones is 1. The molecule has 5 heteroatoms. The average Bonchev–Trinajstić information content (AvgIpc) is 3.08. The molecule has 0 spiro atoms. The minimum absolute atomic E-state index is 0.0766. The number of Topliss-reactive ketones (excluding diaryl/α,β-unsaturated/α-hetero) is 1. The molecule has 2 aliphatic carbocycles. The number of fused-ring (bicyclic) bond motifs is 5. The summed E-state index contributed by atoms with van der Waals surface area (Å²) in [6, 6.07) is 9.92. The van der Waals surface area contributed by atoms with Crippen LogP contribution in [0.25, 0.3) is 0 Å². The van der Waals surface area contributed by atoms with Gasteiger partial charge in [0.05, 0.1) is 6.04 Å². The van der Waals surface area contributed by atoms with Crippen LogP contribution in [0.3, 0.4) is 0 Å². The van der Waals surface area contributed by atoms with E-state index in [4.69, 9.17) is 0 Å². The maximum Gasteiger partial charge on any atom is 0.319 e. The molecule has 0 radical (unpaired) electrons. The summed E-state index contributed by atoms with van der Waals surface area (Å²) in [6.45, 7) is 8.03. The fourth-order valence-corrected chi connectivity index (χ4v) is 8.03. The zero-order chi connectivity index (χ0) is 21.8. The van der Waals surface area contributed by atoms with Gasteiger partial charge >= 0.3 is 6.03 Å². The highest BCUT2D eigenvalue weighted by molar-refractivity contribution is 5.89. The molecule has 2 saturated heterocycles. The topological polar surface area (TPSA) is 61.4 Å². The summed E-state index contributed by atoms with van der Waals surface area (Å²) in [5.41, 5.74) is 1.17. The fraction of sp³-hybridized carbons (Fsp3) is 0.692. The monoisotopic (exact) mass is 423 g/mol. The highest BCUT2D eigenvalue weighted by Crippen LogP contribution is 2.61. The Labute approximate surface area is 186 Å². The summed E-state index contributed by atoms with van der Waals surface area (Å²) >= 11 is 0. The lowest BCUT2D eigenvalue weighted by atomic mass is 9.52. The largest absolute Gasteiger partial charge is 0.335 e. The maximum atomic E-state index is 12.7. The maximum absolute atomic E-state index is 12.7. The lowest BCUT2D eigenvalue weighted by Gasteiger charge is -2.62. The third-order valence-electron chi connectivity index (χ3n) is 9.74. The van der Waals surface area contributed by atoms with Gasteiger partial charge in [-0.2, -0.15) is 0 Å². The van der Waals surface area contributed by atoms with E-state index in [1.165, 1.54) is 25.7 Å². The molecule has 0 bridgehead atoms. The van der Waals surface area contributed by atoms with Crippen molar-refractivity contribution in [2.45, 2.75) is 83.3 Å². The number of urea groups is 1. The van der Waals surface area contributed by atoms with Crippen molar-refractivity contribution < 1.29 is 9.59 Å². The van der Waals surface area contributed by atoms with E-state index in [0.29, 0.717) is 23.5 Å². The van der Waals surface area contributed by atoms with Crippen molar-refractivity contribution in [3.8, 4) is 0 Å². The predicted molar refractivity (Wildman–Crippen MR) is 123 cm³/mol. The van der Waals surface area contributed by atoms with Crippen molar-refractivity contribution in [2.75, 3.05) is 11.9 Å². The first kappa shape index (κ1) is 21.0. The molecule has 1 aromatic carbocycles. The van der Waals surface area contributed by atoms with Gasteiger partial charge in [0, 0.05) is 23.7 Å². The van der Waals surface area contributed by atoms with Crippen LogP contribution in [0.5, 0.6) is 0 Å². The molecule has 168 valence electrons. The zero-order valence-corrected chi connectivity index (χ0v) is 19.2. The zero-order valence-electron chi connectivity index (χ0n) is 19.2. The van der Waals surface area contributed by atoms with Crippen LogP contribution in [0, 0.1) is 23.2 Å².